The van der Waals surface area contributed by atoms with Gasteiger partial charge in [-0.25, -0.2) is 4.98 Å². The van der Waals surface area contributed by atoms with E-state index in [1.807, 2.05) is 6.20 Å². The molecule has 116 valence electrons. The Labute approximate surface area is 132 Å². The molecule has 4 nitrogen and oxygen atoms in total. The normalized spacial score (nSPS) is 20.9. The minimum absolute atomic E-state index is 0.713. The average Bonchev–Trinajstić information content (AvgIpc) is 3.13. The van der Waals surface area contributed by atoms with E-state index < -0.39 is 0 Å². The first-order chi connectivity index (χ1) is 10.9. The minimum Gasteiger partial charge on any atom is -0.347 e. The van der Waals surface area contributed by atoms with E-state index in [9.17, 15) is 0 Å². The van der Waals surface area contributed by atoms with Crippen LogP contribution in [0.15, 0.2) is 36.8 Å². The van der Waals surface area contributed by atoms with E-state index in [2.05, 4.69) is 44.0 Å². The summed E-state index contributed by atoms with van der Waals surface area (Å²) in [5, 5.41) is 0. The van der Waals surface area contributed by atoms with E-state index in [0.29, 0.717) is 6.04 Å². The van der Waals surface area contributed by atoms with Gasteiger partial charge in [0.05, 0.1) is 6.33 Å². The van der Waals surface area contributed by atoms with Crippen molar-refractivity contribution >= 4 is 0 Å². The first kappa shape index (κ1) is 14.0. The van der Waals surface area contributed by atoms with Crippen molar-refractivity contribution in [2.75, 3.05) is 26.2 Å². The molecule has 0 amide bonds. The van der Waals surface area contributed by atoms with Gasteiger partial charge in [-0.3, -0.25) is 9.80 Å². The summed E-state index contributed by atoms with van der Waals surface area (Å²) >= 11 is 0. The van der Waals surface area contributed by atoms with Crippen molar-refractivity contribution in [1.82, 2.24) is 19.8 Å². The molecule has 0 atom stereocenters. The number of imidazole rings is 1. The smallest absolute Gasteiger partial charge is 0.0922 e. The molecule has 1 aromatic carbocycles. The van der Waals surface area contributed by atoms with Crippen LogP contribution in [0.5, 0.6) is 0 Å². The molecule has 0 saturated carbocycles. The van der Waals surface area contributed by atoms with Crippen LogP contribution in [0.25, 0.3) is 0 Å². The van der Waals surface area contributed by atoms with Crippen molar-refractivity contribution in [1.29, 1.82) is 0 Å². The predicted molar refractivity (Wildman–Crippen MR) is 87.7 cm³/mol. The van der Waals surface area contributed by atoms with Crippen molar-refractivity contribution in [2.24, 2.45) is 0 Å². The molecular weight excluding hydrogens is 272 g/mol. The van der Waals surface area contributed by atoms with Crippen LogP contribution in [0.4, 0.5) is 0 Å². The van der Waals surface area contributed by atoms with Crippen LogP contribution in [0.3, 0.4) is 0 Å². The van der Waals surface area contributed by atoms with Crippen molar-refractivity contribution in [3.63, 3.8) is 0 Å². The van der Waals surface area contributed by atoms with E-state index >= 15 is 0 Å². The van der Waals surface area contributed by atoms with E-state index in [4.69, 9.17) is 0 Å². The number of rotatable bonds is 3. The molecular formula is C18H24N4. The lowest BCUT2D eigenvalue weighted by atomic mass is 10.1. The van der Waals surface area contributed by atoms with Gasteiger partial charge in [0.1, 0.15) is 0 Å². The number of nitrogens with zero attached hydrogens (tertiary/aromatic N) is 3. The standard InChI is InChI=1S/C18H24N4/c1-2-5-16-11-18(10-15(16)4-1)22-7-3-6-21(8-9-22)13-17-12-19-14-20-17/h1-2,4-5,12,14,18H,3,6-11,13H2,(H,19,20). The molecule has 1 N–H and O–H groups in total. The zero-order chi connectivity index (χ0) is 14.8. The molecule has 0 unspecified atom stereocenters. The molecule has 1 aromatic heterocycles. The third-order valence-corrected chi connectivity index (χ3v) is 5.12. The summed E-state index contributed by atoms with van der Waals surface area (Å²) in [7, 11) is 0. The molecule has 0 bridgehead atoms. The lowest BCUT2D eigenvalue weighted by molar-refractivity contribution is 0.200. The zero-order valence-electron chi connectivity index (χ0n) is 13.0. The zero-order valence-corrected chi connectivity index (χ0v) is 13.0. The van der Waals surface area contributed by atoms with Gasteiger partial charge in [0.15, 0.2) is 0 Å². The van der Waals surface area contributed by atoms with Gasteiger partial charge in [-0.05, 0) is 43.5 Å². The SMILES string of the molecule is c1ccc2c(c1)CC(N1CCCN(Cc3cnc[nH]3)CC1)C2. The third kappa shape index (κ3) is 2.94. The van der Waals surface area contributed by atoms with Gasteiger partial charge < -0.3 is 4.98 Å². The number of hydrogen-bond acceptors (Lipinski definition) is 3. The number of fused-ring (bicyclic) bond motifs is 1. The molecule has 2 aliphatic rings. The monoisotopic (exact) mass is 296 g/mol. The van der Waals surface area contributed by atoms with Crippen LogP contribution in [0.2, 0.25) is 0 Å². The highest BCUT2D eigenvalue weighted by Crippen LogP contribution is 2.26. The fourth-order valence-corrected chi connectivity index (χ4v) is 3.92. The molecule has 1 aliphatic heterocycles. The Morgan fingerprint density at radius 1 is 1.05 bits per heavy atom. The maximum absolute atomic E-state index is 4.12. The van der Waals surface area contributed by atoms with Crippen molar-refractivity contribution in [3.05, 3.63) is 53.6 Å². The number of benzene rings is 1. The van der Waals surface area contributed by atoms with E-state index in [1.54, 1.807) is 17.5 Å². The lowest BCUT2D eigenvalue weighted by Gasteiger charge is -2.27. The summed E-state index contributed by atoms with van der Waals surface area (Å²) in [6.45, 7) is 5.77. The van der Waals surface area contributed by atoms with Crippen LogP contribution in [-0.2, 0) is 19.4 Å². The second-order valence-electron chi connectivity index (χ2n) is 6.57. The van der Waals surface area contributed by atoms with Crippen LogP contribution in [0, 0.1) is 0 Å². The maximum atomic E-state index is 4.12. The van der Waals surface area contributed by atoms with Crippen molar-refractivity contribution < 1.29 is 0 Å². The van der Waals surface area contributed by atoms with Gasteiger partial charge in [0.2, 0.25) is 0 Å². The van der Waals surface area contributed by atoms with Gasteiger partial charge in [-0.2, -0.15) is 0 Å². The largest absolute Gasteiger partial charge is 0.347 e. The van der Waals surface area contributed by atoms with Crippen LogP contribution < -0.4 is 0 Å². The number of hydrogen-bond donors (Lipinski definition) is 1. The van der Waals surface area contributed by atoms with E-state index in [-0.39, 0.29) is 0 Å². The van der Waals surface area contributed by atoms with Crippen LogP contribution in [-0.4, -0.2) is 52.0 Å². The number of aromatic amines is 1. The fourth-order valence-electron chi connectivity index (χ4n) is 3.92. The molecule has 4 heteroatoms. The summed E-state index contributed by atoms with van der Waals surface area (Å²) in [5.74, 6) is 0. The second kappa shape index (κ2) is 6.23. The molecule has 1 saturated heterocycles. The number of nitrogens with one attached hydrogen (secondary N) is 1. The molecule has 1 fully saturated rings. The maximum Gasteiger partial charge on any atom is 0.0922 e. The van der Waals surface area contributed by atoms with Gasteiger partial charge in [0.25, 0.3) is 0 Å². The van der Waals surface area contributed by atoms with E-state index in [1.165, 1.54) is 44.6 Å². The topological polar surface area (TPSA) is 35.2 Å². The quantitative estimate of drug-likeness (QED) is 0.942. The molecule has 0 radical (unpaired) electrons. The highest BCUT2D eigenvalue weighted by Gasteiger charge is 2.27. The summed E-state index contributed by atoms with van der Waals surface area (Å²) in [5.41, 5.74) is 4.35. The summed E-state index contributed by atoms with van der Waals surface area (Å²) in [4.78, 5) is 12.6. The van der Waals surface area contributed by atoms with Gasteiger partial charge in [-0.1, -0.05) is 24.3 Å². The number of H-pyrrole nitrogens is 1. The first-order valence-electron chi connectivity index (χ1n) is 8.39. The first-order valence-corrected chi connectivity index (χ1v) is 8.39. The summed E-state index contributed by atoms with van der Waals surface area (Å²) < 4.78 is 0. The second-order valence-corrected chi connectivity index (χ2v) is 6.57. The molecule has 2 aromatic rings. The Morgan fingerprint density at radius 2 is 1.86 bits per heavy atom. The Morgan fingerprint density at radius 3 is 2.59 bits per heavy atom. The molecule has 2 heterocycles. The minimum atomic E-state index is 0.713. The molecule has 0 spiro atoms. The molecule has 22 heavy (non-hydrogen) atoms. The highest BCUT2D eigenvalue weighted by molar-refractivity contribution is 5.33. The van der Waals surface area contributed by atoms with Gasteiger partial charge >= 0.3 is 0 Å². The van der Waals surface area contributed by atoms with E-state index in [0.717, 1.165) is 13.1 Å². The fraction of sp³-hybridized carbons (Fsp3) is 0.500. The van der Waals surface area contributed by atoms with Gasteiger partial charge in [0, 0.05) is 37.6 Å². The molecule has 4 rings (SSSR count). The van der Waals surface area contributed by atoms with Crippen molar-refractivity contribution in [2.45, 2.75) is 31.8 Å². The number of aromatic nitrogens is 2. The highest BCUT2D eigenvalue weighted by atomic mass is 15.2. The predicted octanol–water partition coefficient (Wildman–Crippen LogP) is 2.08. The summed E-state index contributed by atoms with van der Waals surface area (Å²) in [6, 6.07) is 9.67. The summed E-state index contributed by atoms with van der Waals surface area (Å²) in [6.07, 6.45) is 7.44. The Hall–Kier alpha value is -1.65. The van der Waals surface area contributed by atoms with Crippen molar-refractivity contribution in [3.8, 4) is 0 Å². The third-order valence-electron chi connectivity index (χ3n) is 5.12. The Bertz CT molecular complexity index is 582. The van der Waals surface area contributed by atoms with Gasteiger partial charge in [-0.15, -0.1) is 0 Å². The lowest BCUT2D eigenvalue weighted by Crippen LogP contribution is -2.38. The van der Waals surface area contributed by atoms with Crippen LogP contribution in [0.1, 0.15) is 23.2 Å². The van der Waals surface area contributed by atoms with Crippen LogP contribution >= 0.6 is 0 Å². The molecule has 1 aliphatic carbocycles. The Kier molecular flexibility index (Phi) is 3.95. The average molecular weight is 296 g/mol. The Balaban J connectivity index is 1.35.